The van der Waals surface area contributed by atoms with Gasteiger partial charge in [-0.1, -0.05) is 5.16 Å². The van der Waals surface area contributed by atoms with Crippen molar-refractivity contribution in [1.82, 2.24) is 10.1 Å². The van der Waals surface area contributed by atoms with Crippen LogP contribution < -0.4 is 10.6 Å². The van der Waals surface area contributed by atoms with Crippen molar-refractivity contribution in [2.45, 2.75) is 37.1 Å². The van der Waals surface area contributed by atoms with Crippen LogP contribution in [0, 0.1) is 5.82 Å². The molecule has 0 spiro atoms. The number of benzene rings is 1. The minimum Gasteiger partial charge on any atom is -0.338 e. The summed E-state index contributed by atoms with van der Waals surface area (Å²) in [5.41, 5.74) is 6.36. The first kappa shape index (κ1) is 14.3. The fraction of sp³-hybridized carbons (Fsp3) is 0.438. The summed E-state index contributed by atoms with van der Waals surface area (Å²) in [4.78, 5) is 18.6. The molecule has 7 heteroatoms. The second-order valence-electron chi connectivity index (χ2n) is 6.27. The third-order valence-electron chi connectivity index (χ3n) is 4.77. The summed E-state index contributed by atoms with van der Waals surface area (Å²) < 4.78 is 18.3. The maximum absolute atomic E-state index is 13.0. The highest BCUT2D eigenvalue weighted by Gasteiger charge is 2.42. The highest BCUT2D eigenvalue weighted by Crippen LogP contribution is 2.38. The number of hydrogen-bond donors (Lipinski definition) is 1. The average Bonchev–Trinajstić information content (AvgIpc) is 3.13. The van der Waals surface area contributed by atoms with Crippen molar-refractivity contribution in [2.75, 3.05) is 11.4 Å². The Morgan fingerprint density at radius 1 is 1.30 bits per heavy atom. The summed E-state index contributed by atoms with van der Waals surface area (Å²) in [6, 6.07) is 5.88. The molecule has 6 nitrogen and oxygen atoms in total. The van der Waals surface area contributed by atoms with E-state index in [1.807, 2.05) is 0 Å². The maximum Gasteiger partial charge on any atom is 0.239 e. The van der Waals surface area contributed by atoms with Crippen LogP contribution in [0.15, 0.2) is 28.8 Å². The van der Waals surface area contributed by atoms with Crippen molar-refractivity contribution in [2.24, 2.45) is 5.73 Å². The van der Waals surface area contributed by atoms with Crippen LogP contribution in [-0.2, 0) is 10.3 Å². The fourth-order valence-corrected chi connectivity index (χ4v) is 3.15. The van der Waals surface area contributed by atoms with Crippen LogP contribution in [0.5, 0.6) is 0 Å². The van der Waals surface area contributed by atoms with Gasteiger partial charge in [0.25, 0.3) is 0 Å². The van der Waals surface area contributed by atoms with Crippen molar-refractivity contribution < 1.29 is 13.7 Å². The zero-order valence-electron chi connectivity index (χ0n) is 12.5. The molecule has 1 aliphatic carbocycles. The number of nitrogens with zero attached hydrogens (tertiary/aromatic N) is 3. The number of anilines is 1. The molecule has 1 aromatic heterocycles. The van der Waals surface area contributed by atoms with Crippen molar-refractivity contribution in [1.29, 1.82) is 0 Å². The van der Waals surface area contributed by atoms with Crippen LogP contribution in [0.25, 0.3) is 0 Å². The maximum atomic E-state index is 13.0. The Labute approximate surface area is 132 Å². The van der Waals surface area contributed by atoms with E-state index in [-0.39, 0.29) is 11.7 Å². The van der Waals surface area contributed by atoms with Crippen LogP contribution >= 0.6 is 0 Å². The zero-order chi connectivity index (χ0) is 16.0. The van der Waals surface area contributed by atoms with Gasteiger partial charge in [0.05, 0.1) is 5.54 Å². The Balaban J connectivity index is 1.55. The van der Waals surface area contributed by atoms with Crippen LogP contribution in [0.1, 0.15) is 43.3 Å². The van der Waals surface area contributed by atoms with Crippen LogP contribution in [0.2, 0.25) is 0 Å². The van der Waals surface area contributed by atoms with Gasteiger partial charge in [0.15, 0.2) is 5.82 Å². The molecule has 2 heterocycles. The molecule has 4 rings (SSSR count). The molecular weight excluding hydrogens is 299 g/mol. The van der Waals surface area contributed by atoms with Gasteiger partial charge in [-0.3, -0.25) is 4.79 Å². The lowest BCUT2D eigenvalue weighted by Crippen LogP contribution is -2.44. The molecule has 0 radical (unpaired) electrons. The molecule has 2 N–H and O–H groups in total. The van der Waals surface area contributed by atoms with E-state index < -0.39 is 11.5 Å². The van der Waals surface area contributed by atoms with Gasteiger partial charge in [0, 0.05) is 12.2 Å². The van der Waals surface area contributed by atoms with Gasteiger partial charge in [0.2, 0.25) is 11.8 Å². The molecule has 2 aromatic rings. The molecule has 1 aromatic carbocycles. The number of halogens is 1. The summed E-state index contributed by atoms with van der Waals surface area (Å²) >= 11 is 0. The lowest BCUT2D eigenvalue weighted by atomic mass is 9.77. The van der Waals surface area contributed by atoms with E-state index in [1.165, 1.54) is 12.1 Å². The van der Waals surface area contributed by atoms with Crippen LogP contribution in [-0.4, -0.2) is 22.6 Å². The fourth-order valence-electron chi connectivity index (χ4n) is 3.15. The molecule has 23 heavy (non-hydrogen) atoms. The van der Waals surface area contributed by atoms with E-state index in [2.05, 4.69) is 10.1 Å². The van der Waals surface area contributed by atoms with Crippen LogP contribution in [0.4, 0.5) is 10.1 Å². The number of amides is 1. The van der Waals surface area contributed by atoms with E-state index in [4.69, 9.17) is 10.3 Å². The Morgan fingerprint density at radius 2 is 2.04 bits per heavy atom. The third kappa shape index (κ3) is 2.31. The first-order valence-electron chi connectivity index (χ1n) is 7.77. The number of carbonyl (C=O) groups is 1. The predicted octanol–water partition coefficient (Wildman–Crippen LogP) is 2.07. The lowest BCUT2D eigenvalue weighted by Gasteiger charge is -2.34. The first-order valence-corrected chi connectivity index (χ1v) is 7.77. The summed E-state index contributed by atoms with van der Waals surface area (Å²) in [7, 11) is 0. The van der Waals surface area contributed by atoms with Gasteiger partial charge in [0.1, 0.15) is 11.7 Å². The quantitative estimate of drug-likeness (QED) is 0.937. The topological polar surface area (TPSA) is 85.2 Å². The van der Waals surface area contributed by atoms with E-state index in [0.29, 0.717) is 30.4 Å². The van der Waals surface area contributed by atoms with Gasteiger partial charge in [-0.2, -0.15) is 4.98 Å². The summed E-state index contributed by atoms with van der Waals surface area (Å²) in [6.07, 6.45) is 3.33. The smallest absolute Gasteiger partial charge is 0.239 e. The normalized spacial score (nSPS) is 23.1. The molecule has 1 unspecified atom stereocenters. The minimum atomic E-state index is -0.500. The van der Waals surface area contributed by atoms with E-state index in [9.17, 15) is 9.18 Å². The summed E-state index contributed by atoms with van der Waals surface area (Å²) in [5.74, 6) is -0.0678. The van der Waals surface area contributed by atoms with Crippen LogP contribution in [0.3, 0.4) is 0 Å². The Morgan fingerprint density at radius 3 is 2.70 bits per heavy atom. The molecule has 1 aliphatic heterocycles. The number of carbonyl (C=O) groups excluding carboxylic acids is 1. The van der Waals surface area contributed by atoms with Crippen molar-refractivity contribution in [3.8, 4) is 0 Å². The van der Waals surface area contributed by atoms with Crippen molar-refractivity contribution in [3.05, 3.63) is 41.8 Å². The highest BCUT2D eigenvalue weighted by molar-refractivity contribution is 5.99. The molecule has 1 atom stereocenters. The van der Waals surface area contributed by atoms with Gasteiger partial charge >= 0.3 is 0 Å². The number of aromatic nitrogens is 2. The highest BCUT2D eigenvalue weighted by atomic mass is 19.1. The van der Waals surface area contributed by atoms with E-state index >= 15 is 0 Å². The van der Waals surface area contributed by atoms with E-state index in [1.54, 1.807) is 17.0 Å². The molecule has 0 bridgehead atoms. The predicted molar refractivity (Wildman–Crippen MR) is 80.1 cm³/mol. The number of hydrogen-bond acceptors (Lipinski definition) is 5. The Bertz CT molecular complexity index is 739. The first-order chi connectivity index (χ1) is 11.1. The van der Waals surface area contributed by atoms with Gasteiger partial charge in [-0.05, 0) is 49.9 Å². The molecular formula is C16H17FN4O2. The molecule has 120 valence electrons. The van der Waals surface area contributed by atoms with E-state index in [0.717, 1.165) is 19.3 Å². The van der Waals surface area contributed by atoms with Crippen molar-refractivity contribution in [3.63, 3.8) is 0 Å². The Kier molecular flexibility index (Phi) is 3.19. The largest absolute Gasteiger partial charge is 0.338 e. The average molecular weight is 316 g/mol. The summed E-state index contributed by atoms with van der Waals surface area (Å²) in [5, 5.41) is 3.97. The van der Waals surface area contributed by atoms with Gasteiger partial charge in [-0.25, -0.2) is 4.39 Å². The second-order valence-corrected chi connectivity index (χ2v) is 6.27. The lowest BCUT2D eigenvalue weighted by molar-refractivity contribution is -0.118. The summed E-state index contributed by atoms with van der Waals surface area (Å²) in [6.45, 7) is 0.542. The number of nitrogens with two attached hydrogens (primary N) is 1. The standard InChI is InChI=1S/C16H17FN4O2/c17-10-2-4-11(5-3-10)21-9-6-12(14(21)22)13-19-15(20-23-13)16(18)7-1-8-16/h2-5,12H,1,6-9,18H2. The molecule has 1 saturated heterocycles. The molecule has 1 saturated carbocycles. The van der Waals surface area contributed by atoms with Gasteiger partial charge < -0.3 is 15.2 Å². The molecule has 1 amide bonds. The minimum absolute atomic E-state index is 0.105. The third-order valence-corrected chi connectivity index (χ3v) is 4.77. The Hall–Kier alpha value is -2.28. The van der Waals surface area contributed by atoms with Gasteiger partial charge in [-0.15, -0.1) is 0 Å². The second kappa shape index (κ2) is 5.13. The molecule has 2 aliphatic rings. The molecule has 2 fully saturated rings. The number of rotatable bonds is 3. The monoisotopic (exact) mass is 316 g/mol. The zero-order valence-corrected chi connectivity index (χ0v) is 12.5. The van der Waals surface area contributed by atoms with Crippen molar-refractivity contribution >= 4 is 11.6 Å². The SMILES string of the molecule is NC1(c2noc(C3CCN(c4ccc(F)cc4)C3=O)n2)CCC1.